The van der Waals surface area contributed by atoms with Crippen molar-refractivity contribution in [3.63, 3.8) is 0 Å². The van der Waals surface area contributed by atoms with Gasteiger partial charge >= 0.3 is 5.97 Å². The molecule has 0 aliphatic carbocycles. The summed E-state index contributed by atoms with van der Waals surface area (Å²) < 4.78 is 72.3. The van der Waals surface area contributed by atoms with Crippen molar-refractivity contribution in [1.29, 1.82) is 0 Å². The van der Waals surface area contributed by atoms with Crippen LogP contribution < -0.4 is 0 Å². The monoisotopic (exact) mass is 408 g/mol. The van der Waals surface area contributed by atoms with Gasteiger partial charge in [0.1, 0.15) is 17.8 Å². The topological polar surface area (TPSA) is 46.5 Å². The lowest BCUT2D eigenvalue weighted by Gasteiger charge is -2.29. The summed E-state index contributed by atoms with van der Waals surface area (Å²) in [6.07, 6.45) is 0. The molecule has 0 radical (unpaired) electrons. The number of aliphatic hydroxyl groups is 1. The highest BCUT2D eigenvalue weighted by Gasteiger charge is 2.36. The SMILES string of the molecule is O=C(OCC(O)(c1ccccc1)c1ccccc1)c1c(F)c(F)c(F)c(F)c1F. The predicted octanol–water partition coefficient (Wildman–Crippen LogP) is 4.48. The second kappa shape index (κ2) is 8.00. The van der Waals surface area contributed by atoms with Crippen LogP contribution in [0.2, 0.25) is 0 Å². The molecule has 150 valence electrons. The van der Waals surface area contributed by atoms with Crippen molar-refractivity contribution in [1.82, 2.24) is 0 Å². The van der Waals surface area contributed by atoms with E-state index in [0.717, 1.165) is 0 Å². The number of rotatable bonds is 5. The molecule has 1 N–H and O–H groups in total. The van der Waals surface area contributed by atoms with Gasteiger partial charge in [-0.1, -0.05) is 60.7 Å². The van der Waals surface area contributed by atoms with E-state index in [-0.39, 0.29) is 11.1 Å². The largest absolute Gasteiger partial charge is 0.458 e. The van der Waals surface area contributed by atoms with Crippen molar-refractivity contribution in [2.45, 2.75) is 5.60 Å². The number of halogens is 5. The van der Waals surface area contributed by atoms with Crippen molar-refractivity contribution in [3.8, 4) is 0 Å². The maximum Gasteiger partial charge on any atom is 0.344 e. The molecular formula is C21H13F5O3. The van der Waals surface area contributed by atoms with Crippen LogP contribution in [0, 0.1) is 29.1 Å². The predicted molar refractivity (Wildman–Crippen MR) is 92.4 cm³/mol. The zero-order valence-electron chi connectivity index (χ0n) is 14.6. The van der Waals surface area contributed by atoms with Crippen molar-refractivity contribution in [3.05, 3.63) is 106 Å². The van der Waals surface area contributed by atoms with Gasteiger partial charge in [-0.2, -0.15) is 0 Å². The molecule has 0 bridgehead atoms. The normalized spacial score (nSPS) is 11.4. The molecule has 3 rings (SSSR count). The van der Waals surface area contributed by atoms with Crippen LogP contribution in [-0.4, -0.2) is 17.7 Å². The third kappa shape index (κ3) is 3.71. The summed E-state index contributed by atoms with van der Waals surface area (Å²) >= 11 is 0. The first-order chi connectivity index (χ1) is 13.8. The van der Waals surface area contributed by atoms with Gasteiger partial charge < -0.3 is 9.84 Å². The Labute approximate surface area is 162 Å². The highest BCUT2D eigenvalue weighted by molar-refractivity contribution is 5.90. The third-order valence-corrected chi connectivity index (χ3v) is 4.33. The van der Waals surface area contributed by atoms with Crippen molar-refractivity contribution in [2.75, 3.05) is 6.61 Å². The molecule has 0 atom stereocenters. The molecule has 0 aromatic heterocycles. The van der Waals surface area contributed by atoms with Crippen molar-refractivity contribution >= 4 is 5.97 Å². The van der Waals surface area contributed by atoms with Gasteiger partial charge in [0, 0.05) is 0 Å². The van der Waals surface area contributed by atoms with Crippen LogP contribution in [-0.2, 0) is 10.3 Å². The summed E-state index contributed by atoms with van der Waals surface area (Å²) in [5.74, 6) is -13.3. The second-order valence-corrected chi connectivity index (χ2v) is 6.11. The summed E-state index contributed by atoms with van der Waals surface area (Å²) in [5.41, 5.74) is -3.08. The summed E-state index contributed by atoms with van der Waals surface area (Å²) in [6, 6.07) is 15.9. The lowest BCUT2D eigenvalue weighted by atomic mass is 9.87. The van der Waals surface area contributed by atoms with Crippen LogP contribution in [0.3, 0.4) is 0 Å². The van der Waals surface area contributed by atoms with Gasteiger partial charge in [-0.3, -0.25) is 0 Å². The number of hydrogen-bond donors (Lipinski definition) is 1. The maximum absolute atomic E-state index is 13.8. The molecule has 0 fully saturated rings. The number of hydrogen-bond acceptors (Lipinski definition) is 3. The molecule has 0 saturated carbocycles. The summed E-state index contributed by atoms with van der Waals surface area (Å²) in [4.78, 5) is 12.1. The van der Waals surface area contributed by atoms with Crippen molar-refractivity contribution in [2.24, 2.45) is 0 Å². The van der Waals surface area contributed by atoms with E-state index in [1.807, 2.05) is 0 Å². The van der Waals surface area contributed by atoms with Crippen molar-refractivity contribution < 1.29 is 36.6 Å². The van der Waals surface area contributed by atoms with E-state index in [9.17, 15) is 31.9 Å². The summed E-state index contributed by atoms with van der Waals surface area (Å²) in [7, 11) is 0. The van der Waals surface area contributed by atoms with E-state index in [1.54, 1.807) is 36.4 Å². The molecule has 3 nitrogen and oxygen atoms in total. The lowest BCUT2D eigenvalue weighted by Crippen LogP contribution is -2.34. The average molecular weight is 408 g/mol. The first-order valence-electron chi connectivity index (χ1n) is 8.29. The van der Waals surface area contributed by atoms with Gasteiger partial charge in [0.15, 0.2) is 23.3 Å². The molecule has 0 aliphatic heterocycles. The summed E-state index contributed by atoms with van der Waals surface area (Å²) in [5, 5.41) is 11.2. The molecule has 0 heterocycles. The maximum atomic E-state index is 13.8. The lowest BCUT2D eigenvalue weighted by molar-refractivity contribution is -0.0116. The molecule has 8 heteroatoms. The first-order valence-corrected chi connectivity index (χ1v) is 8.29. The van der Waals surface area contributed by atoms with E-state index in [4.69, 9.17) is 4.74 Å². The Morgan fingerprint density at radius 2 is 1.10 bits per heavy atom. The molecule has 0 aliphatic rings. The molecule has 29 heavy (non-hydrogen) atoms. The molecule has 0 spiro atoms. The van der Waals surface area contributed by atoms with Gasteiger partial charge in [-0.15, -0.1) is 0 Å². The Bertz CT molecular complexity index is 971. The minimum atomic E-state index is -2.39. The number of carbonyl (C=O) groups excluding carboxylic acids is 1. The quantitative estimate of drug-likeness (QED) is 0.293. The third-order valence-electron chi connectivity index (χ3n) is 4.33. The van der Waals surface area contributed by atoms with E-state index in [0.29, 0.717) is 0 Å². The second-order valence-electron chi connectivity index (χ2n) is 6.11. The average Bonchev–Trinajstić information content (AvgIpc) is 2.76. The van der Waals surface area contributed by atoms with Gasteiger partial charge in [-0.25, -0.2) is 26.7 Å². The highest BCUT2D eigenvalue weighted by atomic mass is 19.2. The number of carbonyl (C=O) groups is 1. The minimum absolute atomic E-state index is 0.288. The molecule has 0 unspecified atom stereocenters. The summed E-state index contributed by atoms with van der Waals surface area (Å²) in [6.45, 7) is -0.834. The van der Waals surface area contributed by atoms with E-state index < -0.39 is 52.8 Å². The van der Waals surface area contributed by atoms with Gasteiger partial charge in [0.2, 0.25) is 5.82 Å². The Morgan fingerprint density at radius 3 is 1.52 bits per heavy atom. The van der Waals surface area contributed by atoms with Crippen LogP contribution >= 0.6 is 0 Å². The van der Waals surface area contributed by atoms with E-state index in [2.05, 4.69) is 0 Å². The van der Waals surface area contributed by atoms with Crippen LogP contribution in [0.4, 0.5) is 22.0 Å². The standard InChI is InChI=1S/C21H13F5O3/c22-15-14(16(23)18(25)19(26)17(15)24)20(27)29-11-21(28,12-7-3-1-4-8-12)13-9-5-2-6-10-13/h1-10,28H,11H2. The van der Waals surface area contributed by atoms with Crippen LogP contribution in [0.5, 0.6) is 0 Å². The molecule has 3 aromatic carbocycles. The highest BCUT2D eigenvalue weighted by Crippen LogP contribution is 2.31. The number of esters is 1. The number of ether oxygens (including phenoxy) is 1. The van der Waals surface area contributed by atoms with Crippen LogP contribution in [0.25, 0.3) is 0 Å². The van der Waals surface area contributed by atoms with E-state index in [1.165, 1.54) is 24.3 Å². The molecule has 3 aromatic rings. The Hall–Kier alpha value is -3.26. The number of benzene rings is 3. The molecule has 0 saturated heterocycles. The van der Waals surface area contributed by atoms with Gasteiger partial charge in [0.25, 0.3) is 0 Å². The first kappa shape index (κ1) is 20.5. The smallest absolute Gasteiger partial charge is 0.344 e. The fourth-order valence-electron chi connectivity index (χ4n) is 2.79. The van der Waals surface area contributed by atoms with Gasteiger partial charge in [0.05, 0.1) is 0 Å². The van der Waals surface area contributed by atoms with Crippen LogP contribution in [0.15, 0.2) is 60.7 Å². The fraction of sp³-hybridized carbons (Fsp3) is 0.0952. The Balaban J connectivity index is 1.97. The van der Waals surface area contributed by atoms with Crippen LogP contribution in [0.1, 0.15) is 21.5 Å². The van der Waals surface area contributed by atoms with E-state index >= 15 is 0 Å². The zero-order valence-corrected chi connectivity index (χ0v) is 14.6. The fourth-order valence-corrected chi connectivity index (χ4v) is 2.79. The molecular weight excluding hydrogens is 395 g/mol. The Kier molecular flexibility index (Phi) is 5.65. The van der Waals surface area contributed by atoms with Gasteiger partial charge in [-0.05, 0) is 11.1 Å². The minimum Gasteiger partial charge on any atom is -0.458 e. The molecule has 0 amide bonds. The Morgan fingerprint density at radius 1 is 0.724 bits per heavy atom. The zero-order chi connectivity index (χ0) is 21.2.